The van der Waals surface area contributed by atoms with E-state index in [0.29, 0.717) is 0 Å². The van der Waals surface area contributed by atoms with Crippen molar-refractivity contribution in [3.63, 3.8) is 0 Å². The molecule has 0 aliphatic rings. The lowest BCUT2D eigenvalue weighted by atomic mass is 10.0. The molecule has 0 saturated carbocycles. The van der Waals surface area contributed by atoms with E-state index in [1.165, 1.54) is 21.6 Å². The molecule has 4 nitrogen and oxygen atoms in total. The minimum absolute atomic E-state index is 0.812. The van der Waals surface area contributed by atoms with E-state index in [0.717, 1.165) is 29.4 Å². The highest BCUT2D eigenvalue weighted by molar-refractivity contribution is 7.16. The second-order valence-electron chi connectivity index (χ2n) is 5.98. The zero-order chi connectivity index (χ0) is 17.6. The number of anilines is 1. The van der Waals surface area contributed by atoms with E-state index in [9.17, 15) is 0 Å². The van der Waals surface area contributed by atoms with E-state index in [1.807, 2.05) is 18.2 Å². The Morgan fingerprint density at radius 2 is 2.08 bits per heavy atom. The van der Waals surface area contributed by atoms with Crippen LogP contribution in [0.4, 0.5) is 5.13 Å². The first-order valence-corrected chi connectivity index (χ1v) is 9.26. The minimum Gasteiger partial charge on any atom is -0.255 e. The Morgan fingerprint density at radius 3 is 2.84 bits per heavy atom. The Balaban J connectivity index is 1.87. The fourth-order valence-electron chi connectivity index (χ4n) is 2.60. The first-order valence-electron chi connectivity index (χ1n) is 8.45. The van der Waals surface area contributed by atoms with E-state index in [1.54, 1.807) is 23.7 Å². The molecule has 0 radical (unpaired) electrons. The van der Waals surface area contributed by atoms with Crippen LogP contribution in [0.25, 0.3) is 11.3 Å². The lowest BCUT2D eigenvalue weighted by molar-refractivity contribution is 0.938. The van der Waals surface area contributed by atoms with Crippen molar-refractivity contribution < 1.29 is 0 Å². The summed E-state index contributed by atoms with van der Waals surface area (Å²) in [4.78, 5) is 10.3. The van der Waals surface area contributed by atoms with Crippen molar-refractivity contribution in [3.05, 3.63) is 64.3 Å². The predicted molar refractivity (Wildman–Crippen MR) is 106 cm³/mol. The summed E-state index contributed by atoms with van der Waals surface area (Å²) in [7, 11) is 0. The van der Waals surface area contributed by atoms with Crippen LogP contribution in [0.15, 0.2) is 47.7 Å². The summed E-state index contributed by atoms with van der Waals surface area (Å²) in [5.41, 5.74) is 8.65. The molecule has 0 saturated heterocycles. The number of rotatable bonds is 6. The van der Waals surface area contributed by atoms with Crippen LogP contribution in [0.2, 0.25) is 0 Å². The second kappa shape index (κ2) is 8.03. The Hall–Kier alpha value is -2.53. The van der Waals surface area contributed by atoms with Crippen LogP contribution in [0.3, 0.4) is 0 Å². The van der Waals surface area contributed by atoms with Crippen LogP contribution in [0.1, 0.15) is 35.0 Å². The van der Waals surface area contributed by atoms with Gasteiger partial charge in [0.25, 0.3) is 0 Å². The molecule has 5 heteroatoms. The first-order chi connectivity index (χ1) is 12.2. The third-order valence-corrected chi connectivity index (χ3v) is 4.89. The SMILES string of the molecule is CCCc1sc(N/N=C\c2ccccn2)nc1-c1cc(C)ccc1C. The Labute approximate surface area is 152 Å². The molecule has 0 aliphatic heterocycles. The quantitative estimate of drug-likeness (QED) is 0.490. The van der Waals surface area contributed by atoms with Crippen molar-refractivity contribution in [3.8, 4) is 11.3 Å². The molecule has 1 N–H and O–H groups in total. The number of nitrogens with zero attached hydrogens (tertiary/aromatic N) is 3. The van der Waals surface area contributed by atoms with Crippen LogP contribution in [0.5, 0.6) is 0 Å². The molecule has 0 atom stereocenters. The zero-order valence-electron chi connectivity index (χ0n) is 14.8. The van der Waals surface area contributed by atoms with Gasteiger partial charge in [0.15, 0.2) is 0 Å². The molecule has 0 spiro atoms. The molecule has 0 amide bonds. The lowest BCUT2D eigenvalue weighted by Crippen LogP contribution is -1.92. The van der Waals surface area contributed by atoms with E-state index in [2.05, 4.69) is 54.5 Å². The normalized spacial score (nSPS) is 11.2. The summed E-state index contributed by atoms with van der Waals surface area (Å²) in [6.45, 7) is 6.44. The largest absolute Gasteiger partial charge is 0.255 e. The highest BCUT2D eigenvalue weighted by atomic mass is 32.1. The molecule has 25 heavy (non-hydrogen) atoms. The summed E-state index contributed by atoms with van der Waals surface area (Å²) < 4.78 is 0. The summed E-state index contributed by atoms with van der Waals surface area (Å²) in [6.07, 6.45) is 5.57. The number of aromatic nitrogens is 2. The molecule has 128 valence electrons. The molecular weight excluding hydrogens is 328 g/mol. The van der Waals surface area contributed by atoms with Gasteiger partial charge in [0.2, 0.25) is 5.13 Å². The summed E-state index contributed by atoms with van der Waals surface area (Å²) >= 11 is 1.67. The maximum absolute atomic E-state index is 4.81. The lowest BCUT2D eigenvalue weighted by Gasteiger charge is -2.06. The molecule has 3 rings (SSSR count). The number of nitrogens with one attached hydrogen (secondary N) is 1. The number of hydrogen-bond donors (Lipinski definition) is 1. The van der Waals surface area contributed by atoms with Crippen molar-refractivity contribution >= 4 is 22.7 Å². The van der Waals surface area contributed by atoms with E-state index in [-0.39, 0.29) is 0 Å². The van der Waals surface area contributed by atoms with Crippen molar-refractivity contribution in [2.45, 2.75) is 33.6 Å². The van der Waals surface area contributed by atoms with E-state index in [4.69, 9.17) is 4.98 Å². The van der Waals surface area contributed by atoms with Crippen LogP contribution < -0.4 is 5.43 Å². The fraction of sp³-hybridized carbons (Fsp3) is 0.250. The van der Waals surface area contributed by atoms with Gasteiger partial charge in [-0.3, -0.25) is 10.4 Å². The third kappa shape index (κ3) is 4.31. The van der Waals surface area contributed by atoms with Gasteiger partial charge < -0.3 is 0 Å². The van der Waals surface area contributed by atoms with Gasteiger partial charge in [-0.15, -0.1) is 0 Å². The first kappa shape index (κ1) is 17.3. The Bertz CT molecular complexity index is 869. The molecule has 0 unspecified atom stereocenters. The van der Waals surface area contributed by atoms with Crippen molar-refractivity contribution in [1.82, 2.24) is 9.97 Å². The Morgan fingerprint density at radius 1 is 1.20 bits per heavy atom. The number of aryl methyl sites for hydroxylation is 3. The standard InChI is InChI=1S/C20H22N4S/c1-4-7-18-19(17-12-14(2)9-10-15(17)3)23-20(25-18)24-22-13-16-8-5-6-11-21-16/h5-6,8-13H,4,7H2,1-3H3,(H,23,24)/b22-13-. The van der Waals surface area contributed by atoms with Gasteiger partial charge in [-0.2, -0.15) is 5.10 Å². The zero-order valence-corrected chi connectivity index (χ0v) is 15.6. The van der Waals surface area contributed by atoms with Crippen LogP contribution in [-0.2, 0) is 6.42 Å². The predicted octanol–water partition coefficient (Wildman–Crippen LogP) is 5.22. The topological polar surface area (TPSA) is 50.2 Å². The van der Waals surface area contributed by atoms with Gasteiger partial charge in [-0.05, 0) is 44.0 Å². The van der Waals surface area contributed by atoms with Gasteiger partial charge in [-0.1, -0.05) is 48.4 Å². The Kier molecular flexibility index (Phi) is 5.56. The average Bonchev–Trinajstić information content (AvgIpc) is 3.01. The van der Waals surface area contributed by atoms with E-state index < -0.39 is 0 Å². The third-order valence-electron chi connectivity index (χ3n) is 3.87. The van der Waals surface area contributed by atoms with Gasteiger partial charge in [0, 0.05) is 16.6 Å². The molecule has 2 heterocycles. The van der Waals surface area contributed by atoms with Crippen molar-refractivity contribution in [2.75, 3.05) is 5.43 Å². The molecular formula is C20H22N4S. The van der Waals surface area contributed by atoms with Gasteiger partial charge in [-0.25, -0.2) is 4.98 Å². The minimum atomic E-state index is 0.812. The van der Waals surface area contributed by atoms with Crippen molar-refractivity contribution in [2.24, 2.45) is 5.10 Å². The van der Waals surface area contributed by atoms with Crippen molar-refractivity contribution in [1.29, 1.82) is 0 Å². The van der Waals surface area contributed by atoms with Gasteiger partial charge in [0.05, 0.1) is 17.6 Å². The van der Waals surface area contributed by atoms with E-state index >= 15 is 0 Å². The van der Waals surface area contributed by atoms with Crippen LogP contribution in [0, 0.1) is 13.8 Å². The monoisotopic (exact) mass is 350 g/mol. The molecule has 0 aliphatic carbocycles. The molecule has 0 bridgehead atoms. The average molecular weight is 350 g/mol. The smallest absolute Gasteiger partial charge is 0.204 e. The number of hydrogen-bond acceptors (Lipinski definition) is 5. The summed E-state index contributed by atoms with van der Waals surface area (Å²) in [5.74, 6) is 0. The number of hydrazone groups is 1. The molecule has 2 aromatic heterocycles. The maximum Gasteiger partial charge on any atom is 0.204 e. The maximum atomic E-state index is 4.81. The highest BCUT2D eigenvalue weighted by Gasteiger charge is 2.14. The molecule has 3 aromatic rings. The molecule has 0 fully saturated rings. The summed E-state index contributed by atoms with van der Waals surface area (Å²) in [5, 5.41) is 5.08. The van der Waals surface area contributed by atoms with Gasteiger partial charge >= 0.3 is 0 Å². The number of pyridine rings is 1. The number of benzene rings is 1. The highest BCUT2D eigenvalue weighted by Crippen LogP contribution is 2.34. The second-order valence-corrected chi connectivity index (χ2v) is 7.07. The summed E-state index contributed by atoms with van der Waals surface area (Å²) in [6, 6.07) is 12.3. The number of thiazole rings is 1. The fourth-order valence-corrected chi connectivity index (χ4v) is 3.63. The van der Waals surface area contributed by atoms with Gasteiger partial charge in [0.1, 0.15) is 0 Å². The van der Waals surface area contributed by atoms with Crippen LogP contribution in [-0.4, -0.2) is 16.2 Å². The molecule has 1 aromatic carbocycles. The van der Waals surface area contributed by atoms with Crippen LogP contribution >= 0.6 is 11.3 Å².